The molecule has 3 heterocycles. The zero-order valence-corrected chi connectivity index (χ0v) is 21.5. The van der Waals surface area contributed by atoms with Crippen LogP contribution in [0.15, 0.2) is 53.6 Å². The summed E-state index contributed by atoms with van der Waals surface area (Å²) in [6, 6.07) is 13.1. The molecule has 0 saturated carbocycles. The van der Waals surface area contributed by atoms with Crippen molar-refractivity contribution in [3.05, 3.63) is 59.8 Å². The van der Waals surface area contributed by atoms with Crippen LogP contribution in [-0.2, 0) is 9.71 Å². The van der Waals surface area contributed by atoms with E-state index in [9.17, 15) is 14.1 Å². The van der Waals surface area contributed by atoms with Crippen LogP contribution in [0.5, 0.6) is 0 Å². The van der Waals surface area contributed by atoms with Gasteiger partial charge in [0.1, 0.15) is 5.69 Å². The summed E-state index contributed by atoms with van der Waals surface area (Å²) in [4.78, 5) is 26.4. The molecule has 2 aliphatic rings. The lowest BCUT2D eigenvalue weighted by molar-refractivity contribution is 0.0994. The molecule has 10 heteroatoms. The van der Waals surface area contributed by atoms with Crippen molar-refractivity contribution in [1.29, 1.82) is 0 Å². The first-order chi connectivity index (χ1) is 17.1. The number of benzene rings is 2. The van der Waals surface area contributed by atoms with Gasteiger partial charge in [-0.05, 0) is 56.0 Å². The summed E-state index contributed by atoms with van der Waals surface area (Å²) in [5.41, 5.74) is 3.66. The van der Waals surface area contributed by atoms with Gasteiger partial charge in [-0.2, -0.15) is 4.98 Å². The predicted molar refractivity (Wildman–Crippen MR) is 144 cm³/mol. The topological polar surface area (TPSA) is 102 Å². The Bertz CT molecular complexity index is 1430. The van der Waals surface area contributed by atoms with Crippen molar-refractivity contribution in [3.8, 4) is 0 Å². The Balaban J connectivity index is 1.45. The minimum atomic E-state index is -2.69. The van der Waals surface area contributed by atoms with Crippen LogP contribution in [0.2, 0.25) is 0 Å². The van der Waals surface area contributed by atoms with Crippen LogP contribution in [0, 0.1) is 6.92 Å². The molecule has 36 heavy (non-hydrogen) atoms. The third-order valence-corrected chi connectivity index (χ3v) is 8.97. The molecule has 3 aromatic rings. The summed E-state index contributed by atoms with van der Waals surface area (Å²) in [6.45, 7) is 3.03. The molecule has 1 fully saturated rings. The average Bonchev–Trinajstić information content (AvgIpc) is 2.94. The highest BCUT2D eigenvalue weighted by Gasteiger charge is 2.29. The summed E-state index contributed by atoms with van der Waals surface area (Å²) < 4.78 is 15.4. The third kappa shape index (κ3) is 4.32. The number of piperidine rings is 1. The zero-order valence-electron chi connectivity index (χ0n) is 20.6. The number of hydrogen-bond donors (Lipinski definition) is 2. The standard InChI is InChI=1S/C26H30N6O3S/c1-17-8-9-22-21(14-17)25(34)31(3)23-16-27-26(29-24(23)30(22)2)28-18-6-5-7-20(15-18)36(4,35)32-12-10-19(33)11-13-32/h5-9,14-16,19,33H,4,10-13H2,1-3H3,(H,27,28,29). The fraction of sp³-hybridized carbons (Fsp3) is 0.308. The van der Waals surface area contributed by atoms with Gasteiger partial charge in [0.25, 0.3) is 5.91 Å². The van der Waals surface area contributed by atoms with Crippen LogP contribution >= 0.6 is 0 Å². The van der Waals surface area contributed by atoms with E-state index in [1.807, 2.05) is 53.5 Å². The van der Waals surface area contributed by atoms with Crippen molar-refractivity contribution in [1.82, 2.24) is 14.3 Å². The summed E-state index contributed by atoms with van der Waals surface area (Å²) in [5, 5.41) is 13.0. The first-order valence-corrected chi connectivity index (χ1v) is 13.5. The van der Waals surface area contributed by atoms with Crippen LogP contribution in [0.1, 0.15) is 28.8 Å². The quantitative estimate of drug-likeness (QED) is 0.524. The first-order valence-electron chi connectivity index (χ1n) is 11.8. The Morgan fingerprint density at radius 3 is 2.58 bits per heavy atom. The monoisotopic (exact) mass is 506 g/mol. The number of aryl methyl sites for hydroxylation is 1. The molecule has 0 aliphatic carbocycles. The second-order valence-electron chi connectivity index (χ2n) is 9.30. The number of rotatable bonds is 4. The first kappa shape index (κ1) is 24.2. The van der Waals surface area contributed by atoms with E-state index in [1.165, 1.54) is 0 Å². The third-order valence-electron chi connectivity index (χ3n) is 6.78. The molecule has 2 aliphatic heterocycles. The lowest BCUT2D eigenvalue weighted by Crippen LogP contribution is -2.39. The molecule has 0 spiro atoms. The number of aliphatic hydroxyl groups excluding tert-OH is 1. The van der Waals surface area contributed by atoms with Crippen molar-refractivity contribution in [2.75, 3.05) is 42.3 Å². The Hall–Kier alpha value is -3.47. The highest BCUT2D eigenvalue weighted by molar-refractivity contribution is 7.98. The number of aromatic nitrogens is 2. The van der Waals surface area contributed by atoms with Crippen LogP contribution in [-0.4, -0.2) is 68.7 Å². The van der Waals surface area contributed by atoms with E-state index in [4.69, 9.17) is 4.98 Å². The summed E-state index contributed by atoms with van der Waals surface area (Å²) >= 11 is 0. The lowest BCUT2D eigenvalue weighted by Gasteiger charge is -2.32. The number of carbonyl (C=O) groups excluding carboxylic acids is 1. The normalized spacial score (nSPS) is 18.3. The molecule has 0 bridgehead atoms. The number of amides is 1. The van der Waals surface area contributed by atoms with Crippen molar-refractivity contribution >= 4 is 50.3 Å². The average molecular weight is 507 g/mol. The van der Waals surface area contributed by atoms with Crippen molar-refractivity contribution in [2.24, 2.45) is 0 Å². The molecular formula is C26H30N6O3S. The van der Waals surface area contributed by atoms with Crippen molar-refractivity contribution in [3.63, 3.8) is 0 Å². The van der Waals surface area contributed by atoms with Gasteiger partial charge in [0.05, 0.1) is 33.3 Å². The van der Waals surface area contributed by atoms with Crippen LogP contribution in [0.3, 0.4) is 0 Å². The summed E-state index contributed by atoms with van der Waals surface area (Å²) in [5.74, 6) is 4.85. The van der Waals surface area contributed by atoms with Gasteiger partial charge in [-0.15, -0.1) is 0 Å². The molecule has 1 saturated heterocycles. The fourth-order valence-corrected chi connectivity index (χ4v) is 6.32. The molecule has 9 nitrogen and oxygen atoms in total. The molecule has 1 amide bonds. The van der Waals surface area contributed by atoms with E-state index < -0.39 is 9.71 Å². The maximum absolute atomic E-state index is 13.6. The van der Waals surface area contributed by atoms with Gasteiger partial charge in [0.2, 0.25) is 5.95 Å². The lowest BCUT2D eigenvalue weighted by atomic mass is 10.1. The van der Waals surface area contributed by atoms with Crippen molar-refractivity contribution < 1.29 is 14.1 Å². The van der Waals surface area contributed by atoms with E-state index in [2.05, 4.69) is 16.2 Å². The van der Waals surface area contributed by atoms with Gasteiger partial charge in [0.15, 0.2) is 5.82 Å². The number of fused-ring (bicyclic) bond motifs is 2. The van der Waals surface area contributed by atoms with E-state index in [-0.39, 0.29) is 12.0 Å². The second-order valence-corrected chi connectivity index (χ2v) is 11.6. The fourth-order valence-electron chi connectivity index (χ4n) is 4.62. The summed E-state index contributed by atoms with van der Waals surface area (Å²) in [6.07, 6.45) is 2.45. The van der Waals surface area contributed by atoms with Crippen LogP contribution in [0.4, 0.5) is 28.8 Å². The zero-order chi connectivity index (χ0) is 25.6. The number of hydrogen-bond acceptors (Lipinski definition) is 7. The van der Waals surface area contributed by atoms with E-state index in [0.29, 0.717) is 59.5 Å². The van der Waals surface area contributed by atoms with Gasteiger partial charge in [-0.25, -0.2) is 13.5 Å². The smallest absolute Gasteiger partial charge is 0.260 e. The minimum absolute atomic E-state index is 0.119. The number of nitrogens with zero attached hydrogens (tertiary/aromatic N) is 5. The van der Waals surface area contributed by atoms with Gasteiger partial charge in [-0.3, -0.25) is 4.79 Å². The summed E-state index contributed by atoms with van der Waals surface area (Å²) in [7, 11) is 0.909. The Labute approximate surface area is 211 Å². The molecule has 188 valence electrons. The van der Waals surface area contributed by atoms with Gasteiger partial charge in [0, 0.05) is 37.8 Å². The van der Waals surface area contributed by atoms with Crippen LogP contribution < -0.4 is 15.1 Å². The highest BCUT2D eigenvalue weighted by Crippen LogP contribution is 2.38. The largest absolute Gasteiger partial charge is 0.393 e. The number of aliphatic hydroxyl groups is 1. The Kier molecular flexibility index (Phi) is 6.19. The molecule has 0 radical (unpaired) electrons. The SMILES string of the molecule is C=S(=O)(c1cccc(Nc2ncc3c(n2)N(C)c2ccc(C)cc2C(=O)N3C)c1)N1CCC(O)CC1. The van der Waals surface area contributed by atoms with Crippen molar-refractivity contribution in [2.45, 2.75) is 30.8 Å². The predicted octanol–water partition coefficient (Wildman–Crippen LogP) is 3.33. The maximum atomic E-state index is 13.6. The molecule has 1 unspecified atom stereocenters. The molecule has 2 N–H and O–H groups in total. The molecule has 5 rings (SSSR count). The number of anilines is 5. The van der Waals surface area contributed by atoms with Crippen LogP contribution in [0.25, 0.3) is 0 Å². The maximum Gasteiger partial charge on any atom is 0.260 e. The molecular weight excluding hydrogens is 476 g/mol. The minimum Gasteiger partial charge on any atom is -0.393 e. The molecule has 1 atom stereocenters. The highest BCUT2D eigenvalue weighted by atomic mass is 32.2. The van der Waals surface area contributed by atoms with E-state index >= 15 is 0 Å². The number of carbonyl (C=O) groups is 1. The van der Waals surface area contributed by atoms with Gasteiger partial charge >= 0.3 is 0 Å². The number of nitrogens with one attached hydrogen (secondary N) is 1. The van der Waals surface area contributed by atoms with Gasteiger partial charge in [-0.1, -0.05) is 17.7 Å². The Morgan fingerprint density at radius 2 is 1.83 bits per heavy atom. The molecule has 1 aromatic heterocycles. The van der Waals surface area contributed by atoms with E-state index in [1.54, 1.807) is 30.3 Å². The Morgan fingerprint density at radius 1 is 1.08 bits per heavy atom. The van der Waals surface area contributed by atoms with Gasteiger partial charge < -0.3 is 20.2 Å². The second kappa shape index (κ2) is 9.20. The molecule has 2 aromatic carbocycles. The van der Waals surface area contributed by atoms with E-state index in [0.717, 1.165) is 11.3 Å².